The number of hydrogen-bond donors (Lipinski definition) is 3. The van der Waals surface area contributed by atoms with Crippen LogP contribution in [0.3, 0.4) is 0 Å². The van der Waals surface area contributed by atoms with Gasteiger partial charge >= 0.3 is 6.09 Å². The summed E-state index contributed by atoms with van der Waals surface area (Å²) in [6, 6.07) is 6.54. The zero-order chi connectivity index (χ0) is 20.3. The van der Waals surface area contributed by atoms with Crippen LogP contribution in [-0.4, -0.2) is 42.2 Å². The average molecular weight is 379 g/mol. The first-order chi connectivity index (χ1) is 12.7. The third-order valence-electron chi connectivity index (χ3n) is 3.25. The van der Waals surface area contributed by atoms with E-state index in [1.54, 1.807) is 18.2 Å². The summed E-state index contributed by atoms with van der Waals surface area (Å²) in [4.78, 5) is 26.6. The topological polar surface area (TPSA) is 118 Å². The highest BCUT2D eigenvalue weighted by molar-refractivity contribution is 5.79. The molecule has 9 heteroatoms. The van der Waals surface area contributed by atoms with E-state index >= 15 is 0 Å². The van der Waals surface area contributed by atoms with E-state index in [0.717, 1.165) is 0 Å². The molecule has 0 aliphatic rings. The number of aliphatic imine (C=N–C) groups is 1. The second-order valence-corrected chi connectivity index (χ2v) is 6.79. The Bertz CT molecular complexity index is 655. The Morgan fingerprint density at radius 3 is 2.48 bits per heavy atom. The van der Waals surface area contributed by atoms with E-state index < -0.39 is 16.6 Å². The number of nitro benzene ring substituents is 1. The largest absolute Gasteiger partial charge is 0.444 e. The van der Waals surface area contributed by atoms with Crippen molar-refractivity contribution in [1.29, 1.82) is 0 Å². The van der Waals surface area contributed by atoms with Gasteiger partial charge in [0, 0.05) is 25.7 Å². The van der Waals surface area contributed by atoms with E-state index in [2.05, 4.69) is 20.9 Å². The highest BCUT2D eigenvalue weighted by Crippen LogP contribution is 2.18. The van der Waals surface area contributed by atoms with Crippen molar-refractivity contribution >= 4 is 17.7 Å². The maximum Gasteiger partial charge on any atom is 0.407 e. The first-order valence-electron chi connectivity index (χ1n) is 8.94. The van der Waals surface area contributed by atoms with Crippen LogP contribution in [-0.2, 0) is 11.3 Å². The van der Waals surface area contributed by atoms with Gasteiger partial charge in [-0.3, -0.25) is 10.1 Å². The van der Waals surface area contributed by atoms with Crippen LogP contribution in [0.1, 0.15) is 39.7 Å². The van der Waals surface area contributed by atoms with E-state index in [4.69, 9.17) is 4.74 Å². The number of ether oxygens (including phenoxy) is 1. The minimum atomic E-state index is -0.521. The van der Waals surface area contributed by atoms with E-state index in [1.807, 2.05) is 27.7 Å². The second kappa shape index (κ2) is 11.0. The van der Waals surface area contributed by atoms with Gasteiger partial charge in [-0.25, -0.2) is 9.79 Å². The van der Waals surface area contributed by atoms with Crippen LogP contribution in [0.5, 0.6) is 0 Å². The summed E-state index contributed by atoms with van der Waals surface area (Å²) in [7, 11) is 0. The van der Waals surface area contributed by atoms with Crippen LogP contribution in [0, 0.1) is 10.1 Å². The minimum absolute atomic E-state index is 0.0543. The maximum atomic E-state index is 11.6. The molecule has 0 heterocycles. The van der Waals surface area contributed by atoms with Crippen molar-refractivity contribution < 1.29 is 14.5 Å². The fourth-order valence-corrected chi connectivity index (χ4v) is 2.13. The Morgan fingerprint density at radius 2 is 1.85 bits per heavy atom. The highest BCUT2D eigenvalue weighted by atomic mass is 16.6. The number of amides is 1. The minimum Gasteiger partial charge on any atom is -0.444 e. The summed E-state index contributed by atoms with van der Waals surface area (Å²) in [6.45, 7) is 9.27. The molecule has 1 aromatic rings. The zero-order valence-corrected chi connectivity index (χ0v) is 16.4. The molecule has 1 amide bonds. The number of nitro groups is 1. The molecule has 0 aliphatic carbocycles. The van der Waals surface area contributed by atoms with Crippen molar-refractivity contribution in [2.24, 2.45) is 4.99 Å². The summed E-state index contributed by atoms with van der Waals surface area (Å²) in [5, 5.41) is 20.0. The Kier molecular flexibility index (Phi) is 9.04. The lowest BCUT2D eigenvalue weighted by molar-refractivity contribution is -0.385. The van der Waals surface area contributed by atoms with Crippen LogP contribution < -0.4 is 16.0 Å². The van der Waals surface area contributed by atoms with Gasteiger partial charge in [0.25, 0.3) is 5.69 Å². The number of nitrogens with zero attached hydrogens (tertiary/aromatic N) is 2. The summed E-state index contributed by atoms with van der Waals surface area (Å²) >= 11 is 0. The van der Waals surface area contributed by atoms with E-state index in [1.165, 1.54) is 6.07 Å². The molecule has 0 atom stereocenters. The first-order valence-corrected chi connectivity index (χ1v) is 8.94. The van der Waals surface area contributed by atoms with Crippen LogP contribution >= 0.6 is 0 Å². The number of hydrogen-bond acceptors (Lipinski definition) is 5. The van der Waals surface area contributed by atoms with Crippen molar-refractivity contribution in [3.05, 3.63) is 39.9 Å². The molecular formula is C18H29N5O4. The van der Waals surface area contributed by atoms with Crippen molar-refractivity contribution in [3.63, 3.8) is 0 Å². The number of carbonyl (C=O) groups excluding carboxylic acids is 1. The number of carbonyl (C=O) groups is 1. The van der Waals surface area contributed by atoms with Gasteiger partial charge in [0.15, 0.2) is 5.96 Å². The third kappa shape index (κ3) is 9.43. The molecule has 150 valence electrons. The zero-order valence-electron chi connectivity index (χ0n) is 16.4. The molecule has 27 heavy (non-hydrogen) atoms. The summed E-state index contributed by atoms with van der Waals surface area (Å²) in [5.41, 5.74) is 0.0812. The molecule has 1 rings (SSSR count). The molecule has 0 bridgehead atoms. The van der Waals surface area contributed by atoms with E-state index in [-0.39, 0.29) is 12.2 Å². The SMILES string of the molecule is CCNC(=NCc1ccccc1[N+](=O)[O-])NCCCNC(=O)OC(C)(C)C. The molecule has 0 spiro atoms. The van der Waals surface area contributed by atoms with Crippen molar-refractivity contribution in [2.45, 2.75) is 46.3 Å². The Hall–Kier alpha value is -2.84. The van der Waals surface area contributed by atoms with Gasteiger partial charge in [0.05, 0.1) is 17.0 Å². The highest BCUT2D eigenvalue weighted by Gasteiger charge is 2.15. The number of nitrogens with one attached hydrogen (secondary N) is 3. The van der Waals surface area contributed by atoms with Crippen LogP contribution in [0.25, 0.3) is 0 Å². The normalized spacial score (nSPS) is 11.6. The van der Waals surface area contributed by atoms with Gasteiger partial charge in [-0.2, -0.15) is 0 Å². The molecule has 0 saturated carbocycles. The van der Waals surface area contributed by atoms with E-state index in [0.29, 0.717) is 37.6 Å². The molecule has 0 aromatic heterocycles. The summed E-state index contributed by atoms with van der Waals surface area (Å²) < 4.78 is 5.16. The van der Waals surface area contributed by atoms with Gasteiger partial charge < -0.3 is 20.7 Å². The Morgan fingerprint density at radius 1 is 1.19 bits per heavy atom. The fraction of sp³-hybridized carbons (Fsp3) is 0.556. The lowest BCUT2D eigenvalue weighted by atomic mass is 10.2. The van der Waals surface area contributed by atoms with Gasteiger partial charge in [-0.1, -0.05) is 18.2 Å². The second-order valence-electron chi connectivity index (χ2n) is 6.79. The molecular weight excluding hydrogens is 350 g/mol. The summed E-state index contributed by atoms with van der Waals surface area (Å²) in [6.07, 6.45) is 0.231. The number of benzene rings is 1. The lowest BCUT2D eigenvalue weighted by Gasteiger charge is -2.19. The van der Waals surface area contributed by atoms with Crippen LogP contribution in [0.4, 0.5) is 10.5 Å². The quantitative estimate of drug-likeness (QED) is 0.210. The molecule has 1 aromatic carbocycles. The Balaban J connectivity index is 2.47. The van der Waals surface area contributed by atoms with Gasteiger partial charge in [0.2, 0.25) is 0 Å². The molecule has 0 fully saturated rings. The Labute approximate surface area is 159 Å². The molecule has 0 aliphatic heterocycles. The number of guanidine groups is 1. The first kappa shape index (κ1) is 22.2. The van der Waals surface area contributed by atoms with E-state index in [9.17, 15) is 14.9 Å². The van der Waals surface area contributed by atoms with Gasteiger partial charge in [0.1, 0.15) is 5.60 Å². The molecule has 9 nitrogen and oxygen atoms in total. The summed E-state index contributed by atoms with van der Waals surface area (Å²) in [5.74, 6) is 0.563. The molecule has 0 saturated heterocycles. The van der Waals surface area contributed by atoms with Gasteiger partial charge in [-0.15, -0.1) is 0 Å². The number of para-hydroxylation sites is 1. The predicted molar refractivity (Wildman–Crippen MR) is 105 cm³/mol. The molecule has 0 radical (unpaired) electrons. The molecule has 3 N–H and O–H groups in total. The maximum absolute atomic E-state index is 11.6. The fourth-order valence-electron chi connectivity index (χ4n) is 2.13. The number of rotatable bonds is 8. The lowest BCUT2D eigenvalue weighted by Crippen LogP contribution is -2.39. The van der Waals surface area contributed by atoms with Crippen LogP contribution in [0.15, 0.2) is 29.3 Å². The van der Waals surface area contributed by atoms with Crippen molar-refractivity contribution in [2.75, 3.05) is 19.6 Å². The predicted octanol–water partition coefficient (Wildman–Crippen LogP) is 2.56. The van der Waals surface area contributed by atoms with Crippen molar-refractivity contribution in [3.8, 4) is 0 Å². The smallest absolute Gasteiger partial charge is 0.407 e. The van der Waals surface area contributed by atoms with Crippen LogP contribution in [0.2, 0.25) is 0 Å². The molecule has 0 unspecified atom stereocenters. The van der Waals surface area contributed by atoms with Crippen molar-refractivity contribution in [1.82, 2.24) is 16.0 Å². The standard InChI is InChI=1S/C18H29N5O4/c1-5-19-16(20-11-8-12-21-17(24)27-18(2,3)4)22-13-14-9-6-7-10-15(14)23(25)26/h6-7,9-10H,5,8,11-13H2,1-4H3,(H,21,24)(H2,19,20,22). The monoisotopic (exact) mass is 379 g/mol. The number of alkyl carbamates (subject to hydrolysis) is 1. The third-order valence-corrected chi connectivity index (χ3v) is 3.25. The average Bonchev–Trinajstić information content (AvgIpc) is 2.57. The van der Waals surface area contributed by atoms with Gasteiger partial charge in [-0.05, 0) is 34.1 Å².